The van der Waals surface area contributed by atoms with Gasteiger partial charge in [-0.1, -0.05) is 6.08 Å². The number of nitrogens with zero attached hydrogens (tertiary/aromatic N) is 1. The molecular weight excluding hydrogens is 212 g/mol. The molecule has 0 saturated carbocycles. The maximum atomic E-state index is 10.8. The smallest absolute Gasteiger partial charge is 0.328 e. The van der Waals surface area contributed by atoms with E-state index >= 15 is 0 Å². The Hall–Kier alpha value is -1.56. The van der Waals surface area contributed by atoms with E-state index < -0.39 is 4.92 Å². The summed E-state index contributed by atoms with van der Waals surface area (Å²) >= 11 is 0. The van der Waals surface area contributed by atoms with Crippen LogP contribution < -0.4 is 5.32 Å². The zero-order chi connectivity index (χ0) is 11.4. The van der Waals surface area contributed by atoms with Gasteiger partial charge in [-0.3, -0.25) is 10.1 Å². The number of allylic oxidation sites excluding steroid dienone is 1. The highest BCUT2D eigenvalue weighted by Gasteiger charge is 2.24. The monoisotopic (exact) mass is 226 g/mol. The molecule has 0 amide bonds. The van der Waals surface area contributed by atoms with Crippen LogP contribution in [0.2, 0.25) is 0 Å². The van der Waals surface area contributed by atoms with Gasteiger partial charge >= 0.3 is 5.70 Å². The van der Waals surface area contributed by atoms with Crippen molar-refractivity contribution in [2.24, 2.45) is 0 Å². The van der Waals surface area contributed by atoms with Gasteiger partial charge < -0.3 is 14.8 Å². The molecule has 0 aliphatic carbocycles. The summed E-state index contributed by atoms with van der Waals surface area (Å²) in [6.07, 6.45) is 4.75. The molecule has 0 atom stereocenters. The lowest BCUT2D eigenvalue weighted by atomic mass is 10.1. The second kappa shape index (κ2) is 4.98. The molecule has 0 bridgehead atoms. The van der Waals surface area contributed by atoms with Gasteiger partial charge in [0.25, 0.3) is 5.88 Å². The molecule has 88 valence electrons. The van der Waals surface area contributed by atoms with Crippen LogP contribution in [0, 0.1) is 10.1 Å². The van der Waals surface area contributed by atoms with Crippen LogP contribution in [0.4, 0.5) is 0 Å². The summed E-state index contributed by atoms with van der Waals surface area (Å²) in [6.45, 7) is 1.87. The van der Waals surface area contributed by atoms with Crippen molar-refractivity contribution in [2.75, 3.05) is 19.8 Å². The fourth-order valence-electron chi connectivity index (χ4n) is 1.69. The number of nitrogens with one attached hydrogen (secondary N) is 1. The van der Waals surface area contributed by atoms with Gasteiger partial charge in [0.15, 0.2) is 0 Å². The summed E-state index contributed by atoms with van der Waals surface area (Å²) in [7, 11) is 0. The first-order chi connectivity index (χ1) is 7.77. The minimum absolute atomic E-state index is 0.00209. The Kier molecular flexibility index (Phi) is 3.40. The topological polar surface area (TPSA) is 73.6 Å². The Morgan fingerprint density at radius 1 is 1.50 bits per heavy atom. The van der Waals surface area contributed by atoms with Crippen molar-refractivity contribution < 1.29 is 14.4 Å². The molecule has 6 nitrogen and oxygen atoms in total. The number of hydrogen-bond donors (Lipinski definition) is 1. The van der Waals surface area contributed by atoms with E-state index in [-0.39, 0.29) is 17.7 Å². The molecule has 2 heterocycles. The van der Waals surface area contributed by atoms with E-state index in [1.165, 1.54) is 6.08 Å². The maximum Gasteiger partial charge on any atom is 0.328 e. The number of rotatable bonds is 3. The molecule has 2 rings (SSSR count). The van der Waals surface area contributed by atoms with Gasteiger partial charge in [0.1, 0.15) is 6.10 Å². The molecule has 2 aliphatic rings. The minimum atomic E-state index is -0.433. The second-order valence-corrected chi connectivity index (χ2v) is 3.68. The molecular formula is C10H14N2O4. The van der Waals surface area contributed by atoms with Crippen LogP contribution in [0.3, 0.4) is 0 Å². The van der Waals surface area contributed by atoms with Crippen molar-refractivity contribution in [1.29, 1.82) is 0 Å². The fraction of sp³-hybridized carbons (Fsp3) is 0.600. The molecule has 6 heteroatoms. The van der Waals surface area contributed by atoms with Crippen molar-refractivity contribution in [1.82, 2.24) is 5.32 Å². The van der Waals surface area contributed by atoms with Crippen LogP contribution >= 0.6 is 0 Å². The summed E-state index contributed by atoms with van der Waals surface area (Å²) < 4.78 is 10.8. The van der Waals surface area contributed by atoms with Gasteiger partial charge in [0.05, 0.1) is 18.1 Å². The van der Waals surface area contributed by atoms with Gasteiger partial charge in [-0.25, -0.2) is 0 Å². The summed E-state index contributed by atoms with van der Waals surface area (Å²) in [5, 5.41) is 13.6. The quantitative estimate of drug-likeness (QED) is 0.568. The molecule has 0 aromatic rings. The summed E-state index contributed by atoms with van der Waals surface area (Å²) in [4.78, 5) is 10.3. The largest absolute Gasteiger partial charge is 0.471 e. The molecule has 1 saturated heterocycles. The number of hydrogen-bond acceptors (Lipinski definition) is 5. The minimum Gasteiger partial charge on any atom is -0.471 e. The third-order valence-electron chi connectivity index (χ3n) is 2.54. The Balaban J connectivity index is 2.05. The highest BCUT2D eigenvalue weighted by atomic mass is 16.6. The van der Waals surface area contributed by atoms with Crippen LogP contribution in [0.15, 0.2) is 23.7 Å². The molecule has 0 aromatic carbocycles. The van der Waals surface area contributed by atoms with Gasteiger partial charge in [-0.05, 0) is 0 Å². The van der Waals surface area contributed by atoms with Crippen molar-refractivity contribution in [2.45, 2.75) is 18.9 Å². The van der Waals surface area contributed by atoms with Crippen LogP contribution in [0.25, 0.3) is 0 Å². The highest BCUT2D eigenvalue weighted by Crippen LogP contribution is 2.17. The Morgan fingerprint density at radius 3 is 2.94 bits per heavy atom. The summed E-state index contributed by atoms with van der Waals surface area (Å²) in [6, 6.07) is 0. The molecule has 2 aliphatic heterocycles. The van der Waals surface area contributed by atoms with Crippen molar-refractivity contribution in [3.63, 3.8) is 0 Å². The van der Waals surface area contributed by atoms with Gasteiger partial charge in [0, 0.05) is 25.5 Å². The van der Waals surface area contributed by atoms with Crippen molar-refractivity contribution >= 4 is 0 Å². The SMILES string of the molecule is O=[N+]([O-])C1=C(OC2CCOCC2)NCC=C1. The number of dihydropyridines is 1. The molecule has 0 unspecified atom stereocenters. The molecule has 0 aromatic heterocycles. The Labute approximate surface area is 93.1 Å². The van der Waals surface area contributed by atoms with Crippen LogP contribution in [-0.4, -0.2) is 30.8 Å². The average molecular weight is 226 g/mol. The zero-order valence-corrected chi connectivity index (χ0v) is 8.85. The first-order valence-electron chi connectivity index (χ1n) is 5.31. The van der Waals surface area contributed by atoms with E-state index in [1.54, 1.807) is 6.08 Å². The van der Waals surface area contributed by atoms with Crippen LogP contribution in [-0.2, 0) is 9.47 Å². The fourth-order valence-corrected chi connectivity index (χ4v) is 1.69. The molecule has 16 heavy (non-hydrogen) atoms. The Morgan fingerprint density at radius 2 is 2.25 bits per heavy atom. The lowest BCUT2D eigenvalue weighted by Crippen LogP contribution is -2.30. The second-order valence-electron chi connectivity index (χ2n) is 3.68. The molecule has 0 radical (unpaired) electrons. The summed E-state index contributed by atoms with van der Waals surface area (Å²) in [5.74, 6) is 0.277. The zero-order valence-electron chi connectivity index (χ0n) is 8.85. The van der Waals surface area contributed by atoms with E-state index in [9.17, 15) is 10.1 Å². The lowest BCUT2D eigenvalue weighted by Gasteiger charge is -2.25. The van der Waals surface area contributed by atoms with E-state index in [1.807, 2.05) is 0 Å². The first-order valence-corrected chi connectivity index (χ1v) is 5.31. The number of ether oxygens (including phenoxy) is 2. The first kappa shape index (κ1) is 10.9. The van der Waals surface area contributed by atoms with E-state index in [4.69, 9.17) is 9.47 Å². The van der Waals surface area contributed by atoms with E-state index in [2.05, 4.69) is 5.32 Å². The van der Waals surface area contributed by atoms with E-state index in [0.29, 0.717) is 19.8 Å². The van der Waals surface area contributed by atoms with E-state index in [0.717, 1.165) is 12.8 Å². The van der Waals surface area contributed by atoms with Gasteiger partial charge in [0.2, 0.25) is 0 Å². The van der Waals surface area contributed by atoms with Crippen LogP contribution in [0.1, 0.15) is 12.8 Å². The standard InChI is InChI=1S/C10H14N2O4/c13-12(14)9-2-1-5-11-10(9)16-8-3-6-15-7-4-8/h1-2,8,11H,3-7H2. The van der Waals surface area contributed by atoms with Gasteiger partial charge in [-0.2, -0.15) is 0 Å². The number of nitro groups is 1. The Bertz CT molecular complexity index is 332. The van der Waals surface area contributed by atoms with Crippen molar-refractivity contribution in [3.8, 4) is 0 Å². The summed E-state index contributed by atoms with van der Waals surface area (Å²) in [5.41, 5.74) is -0.00209. The molecule has 1 N–H and O–H groups in total. The van der Waals surface area contributed by atoms with Gasteiger partial charge in [-0.15, -0.1) is 0 Å². The van der Waals surface area contributed by atoms with Crippen molar-refractivity contribution in [3.05, 3.63) is 33.8 Å². The predicted molar refractivity (Wildman–Crippen MR) is 56.1 cm³/mol. The molecule has 0 spiro atoms. The predicted octanol–water partition coefficient (Wildman–Crippen LogP) is 0.787. The normalized spacial score (nSPS) is 21.8. The lowest BCUT2D eigenvalue weighted by molar-refractivity contribution is -0.423. The molecule has 1 fully saturated rings. The maximum absolute atomic E-state index is 10.8. The highest BCUT2D eigenvalue weighted by molar-refractivity contribution is 5.19. The van der Waals surface area contributed by atoms with Crippen LogP contribution in [0.5, 0.6) is 0 Å². The average Bonchev–Trinajstić information content (AvgIpc) is 2.31. The third-order valence-corrected chi connectivity index (χ3v) is 2.54. The third kappa shape index (κ3) is 2.52.